The fourth-order valence-corrected chi connectivity index (χ4v) is 4.21. The first kappa shape index (κ1) is 16.9. The van der Waals surface area contributed by atoms with E-state index in [0.29, 0.717) is 23.3 Å². The molecule has 0 radical (unpaired) electrons. The molecule has 0 atom stereocenters. The van der Waals surface area contributed by atoms with Gasteiger partial charge in [0.2, 0.25) is 5.88 Å². The molecule has 134 valence electrons. The average Bonchev–Trinajstić information content (AvgIpc) is 3.35. The number of ether oxygens (including phenoxy) is 1. The van der Waals surface area contributed by atoms with Crippen LogP contribution in [-0.4, -0.2) is 22.7 Å². The van der Waals surface area contributed by atoms with E-state index in [0.717, 1.165) is 34.2 Å². The number of hydrogen-bond donors (Lipinski definition) is 2. The quantitative estimate of drug-likeness (QED) is 0.652. The van der Waals surface area contributed by atoms with Gasteiger partial charge >= 0.3 is 0 Å². The molecular formula is C17H16N4O3S2. The van der Waals surface area contributed by atoms with Gasteiger partial charge in [-0.25, -0.2) is 4.98 Å². The second kappa shape index (κ2) is 7.38. The van der Waals surface area contributed by atoms with Gasteiger partial charge in [0.1, 0.15) is 11.4 Å². The number of nitrogens with zero attached hydrogens (tertiary/aromatic N) is 2. The molecule has 7 nitrogen and oxygen atoms in total. The molecule has 0 saturated heterocycles. The molecule has 0 unspecified atom stereocenters. The number of thiazole rings is 1. The van der Waals surface area contributed by atoms with Gasteiger partial charge in [0.05, 0.1) is 17.9 Å². The maximum absolute atomic E-state index is 12.4. The zero-order valence-corrected chi connectivity index (χ0v) is 15.6. The Labute approximate surface area is 158 Å². The Balaban J connectivity index is 1.41. The van der Waals surface area contributed by atoms with Crippen LogP contribution in [-0.2, 0) is 11.5 Å². The Morgan fingerprint density at radius 3 is 2.96 bits per heavy atom. The normalized spacial score (nSPS) is 12.7. The zero-order valence-electron chi connectivity index (χ0n) is 13.9. The summed E-state index contributed by atoms with van der Waals surface area (Å²) in [5.74, 6) is 2.55. The molecule has 1 aliphatic rings. The maximum Gasteiger partial charge on any atom is 0.277 e. The van der Waals surface area contributed by atoms with E-state index in [1.54, 1.807) is 17.1 Å². The number of amides is 1. The first-order valence-corrected chi connectivity index (χ1v) is 10.1. The lowest BCUT2D eigenvalue weighted by Gasteiger charge is -2.05. The van der Waals surface area contributed by atoms with Crippen molar-refractivity contribution < 1.29 is 14.1 Å². The van der Waals surface area contributed by atoms with E-state index in [4.69, 9.17) is 9.26 Å². The molecule has 0 saturated carbocycles. The van der Waals surface area contributed by atoms with Gasteiger partial charge in [0, 0.05) is 22.6 Å². The van der Waals surface area contributed by atoms with Gasteiger partial charge in [-0.3, -0.25) is 10.1 Å². The molecular weight excluding hydrogens is 372 g/mol. The van der Waals surface area contributed by atoms with Gasteiger partial charge in [-0.2, -0.15) is 11.8 Å². The highest BCUT2D eigenvalue weighted by Gasteiger charge is 2.23. The number of aromatic nitrogens is 2. The number of benzene rings is 1. The second-order valence-corrected chi connectivity index (χ2v) is 7.35. The summed E-state index contributed by atoms with van der Waals surface area (Å²) in [5.41, 5.74) is 3.08. The van der Waals surface area contributed by atoms with Crippen molar-refractivity contribution in [2.45, 2.75) is 18.4 Å². The monoisotopic (exact) mass is 388 g/mol. The lowest BCUT2D eigenvalue weighted by molar-refractivity contribution is 0.101. The minimum atomic E-state index is -0.308. The average molecular weight is 388 g/mol. The summed E-state index contributed by atoms with van der Waals surface area (Å²) >= 11 is 3.11. The number of carbonyl (C=O) groups is 1. The summed E-state index contributed by atoms with van der Waals surface area (Å²) in [5, 5.41) is 12.3. The minimum absolute atomic E-state index is 0.308. The lowest BCUT2D eigenvalue weighted by Crippen LogP contribution is -2.12. The van der Waals surface area contributed by atoms with Crippen LogP contribution in [0.25, 0.3) is 0 Å². The Kier molecular flexibility index (Phi) is 4.81. The van der Waals surface area contributed by atoms with Gasteiger partial charge in [0.25, 0.3) is 5.91 Å². The van der Waals surface area contributed by atoms with Crippen LogP contribution in [0.3, 0.4) is 0 Å². The van der Waals surface area contributed by atoms with Crippen molar-refractivity contribution in [1.82, 2.24) is 10.1 Å². The summed E-state index contributed by atoms with van der Waals surface area (Å²) in [6, 6.07) is 7.58. The summed E-state index contributed by atoms with van der Waals surface area (Å²) in [7, 11) is 0. The van der Waals surface area contributed by atoms with Crippen LogP contribution in [0.2, 0.25) is 0 Å². The van der Waals surface area contributed by atoms with Crippen molar-refractivity contribution >= 4 is 45.7 Å². The SMILES string of the molecule is CCOc1ccc(Nc2nc(C(=O)Nc3onc4c3CSC4)cs2)cc1. The highest BCUT2D eigenvalue weighted by Crippen LogP contribution is 2.34. The standard InChI is InChI=1S/C17H16N4O3S2/c1-2-23-11-5-3-10(4-6-11)18-17-19-14(9-26-17)15(22)20-16-12-7-25-8-13(12)21-24-16/h3-6,9H,2,7-8H2,1H3,(H,18,19)(H,20,22). The number of hydrogen-bond acceptors (Lipinski definition) is 8. The summed E-state index contributed by atoms with van der Waals surface area (Å²) in [6.07, 6.45) is 0. The Morgan fingerprint density at radius 1 is 1.31 bits per heavy atom. The van der Waals surface area contributed by atoms with E-state index in [1.807, 2.05) is 31.2 Å². The van der Waals surface area contributed by atoms with Gasteiger partial charge in [0.15, 0.2) is 5.13 Å². The largest absolute Gasteiger partial charge is 0.494 e. The minimum Gasteiger partial charge on any atom is -0.494 e. The third-order valence-corrected chi connectivity index (χ3v) is 5.46. The van der Waals surface area contributed by atoms with Gasteiger partial charge < -0.3 is 14.6 Å². The van der Waals surface area contributed by atoms with Crippen LogP contribution in [0.4, 0.5) is 16.7 Å². The number of anilines is 3. The van der Waals surface area contributed by atoms with Crippen molar-refractivity contribution in [1.29, 1.82) is 0 Å². The van der Waals surface area contributed by atoms with E-state index >= 15 is 0 Å². The fraction of sp³-hybridized carbons (Fsp3) is 0.235. The van der Waals surface area contributed by atoms with Crippen LogP contribution in [0, 0.1) is 0 Å². The Hall–Kier alpha value is -2.52. The Bertz CT molecular complexity index is 920. The molecule has 1 amide bonds. The smallest absolute Gasteiger partial charge is 0.277 e. The van der Waals surface area contributed by atoms with Gasteiger partial charge in [-0.15, -0.1) is 11.3 Å². The van der Waals surface area contributed by atoms with Gasteiger partial charge in [-0.1, -0.05) is 5.16 Å². The first-order chi connectivity index (χ1) is 12.7. The molecule has 26 heavy (non-hydrogen) atoms. The maximum atomic E-state index is 12.4. The molecule has 3 heterocycles. The first-order valence-electron chi connectivity index (χ1n) is 8.05. The predicted molar refractivity (Wildman–Crippen MR) is 102 cm³/mol. The summed E-state index contributed by atoms with van der Waals surface area (Å²) < 4.78 is 10.6. The van der Waals surface area contributed by atoms with Crippen LogP contribution >= 0.6 is 23.1 Å². The molecule has 4 rings (SSSR count). The molecule has 0 fully saturated rings. The molecule has 3 aromatic rings. The number of fused-ring (bicyclic) bond motifs is 1. The molecule has 0 aliphatic carbocycles. The van der Waals surface area contributed by atoms with Gasteiger partial charge in [-0.05, 0) is 31.2 Å². The molecule has 1 aliphatic heterocycles. The van der Waals surface area contributed by atoms with E-state index < -0.39 is 0 Å². The number of nitrogens with one attached hydrogen (secondary N) is 2. The van der Waals surface area contributed by atoms with Crippen molar-refractivity contribution in [3.8, 4) is 5.75 Å². The van der Waals surface area contributed by atoms with Crippen molar-refractivity contribution in [2.24, 2.45) is 0 Å². The third-order valence-electron chi connectivity index (χ3n) is 3.74. The summed E-state index contributed by atoms with van der Waals surface area (Å²) in [6.45, 7) is 2.57. The van der Waals surface area contributed by atoms with E-state index in [-0.39, 0.29) is 5.91 Å². The number of rotatable bonds is 6. The molecule has 2 N–H and O–H groups in total. The molecule has 9 heteroatoms. The van der Waals surface area contributed by atoms with Crippen molar-refractivity contribution in [3.05, 3.63) is 46.6 Å². The second-order valence-electron chi connectivity index (χ2n) is 5.50. The van der Waals surface area contributed by atoms with E-state index in [9.17, 15) is 4.79 Å². The molecule has 0 bridgehead atoms. The third kappa shape index (κ3) is 3.54. The highest BCUT2D eigenvalue weighted by molar-refractivity contribution is 7.98. The van der Waals surface area contributed by atoms with Crippen LogP contribution in [0.1, 0.15) is 28.7 Å². The molecule has 1 aromatic carbocycles. The predicted octanol–water partition coefficient (Wildman–Crippen LogP) is 4.27. The van der Waals surface area contributed by atoms with E-state index in [2.05, 4.69) is 20.8 Å². The van der Waals surface area contributed by atoms with Crippen LogP contribution < -0.4 is 15.4 Å². The summed E-state index contributed by atoms with van der Waals surface area (Å²) in [4.78, 5) is 16.7. The molecule has 2 aromatic heterocycles. The molecule has 0 spiro atoms. The number of thioether (sulfide) groups is 1. The fourth-order valence-electron chi connectivity index (χ4n) is 2.48. The van der Waals surface area contributed by atoms with Crippen LogP contribution in [0.15, 0.2) is 34.2 Å². The highest BCUT2D eigenvalue weighted by atomic mass is 32.2. The van der Waals surface area contributed by atoms with Crippen molar-refractivity contribution in [3.63, 3.8) is 0 Å². The van der Waals surface area contributed by atoms with Crippen LogP contribution in [0.5, 0.6) is 5.75 Å². The Morgan fingerprint density at radius 2 is 2.15 bits per heavy atom. The zero-order chi connectivity index (χ0) is 17.9. The lowest BCUT2D eigenvalue weighted by atomic mass is 10.3. The van der Waals surface area contributed by atoms with E-state index in [1.165, 1.54) is 11.3 Å². The topological polar surface area (TPSA) is 89.3 Å². The van der Waals surface area contributed by atoms with Crippen molar-refractivity contribution in [2.75, 3.05) is 17.2 Å². The number of carbonyl (C=O) groups excluding carboxylic acids is 1.